The molecule has 3 aromatic heterocycles. The van der Waals surface area contributed by atoms with Crippen molar-refractivity contribution in [1.29, 1.82) is 0 Å². The molecule has 11 nitrogen and oxygen atoms in total. The average Bonchev–Trinajstić information content (AvgIpc) is 2.88. The van der Waals surface area contributed by atoms with E-state index < -0.39 is 22.0 Å². The summed E-state index contributed by atoms with van der Waals surface area (Å²) in [5.74, 6) is -0.437. The maximum absolute atomic E-state index is 13.5. The van der Waals surface area contributed by atoms with Gasteiger partial charge in [0.2, 0.25) is 10.0 Å². The summed E-state index contributed by atoms with van der Waals surface area (Å²) in [5, 5.41) is 3.52. The number of rotatable bonds is 7. The molecule has 4 aromatic rings. The zero-order chi connectivity index (χ0) is 28.5. The number of nitrogens with zero attached hydrogens (tertiary/aromatic N) is 3. The number of nitrogens with one attached hydrogen (secondary N) is 2. The summed E-state index contributed by atoms with van der Waals surface area (Å²) < 4.78 is 31.5. The minimum absolute atomic E-state index is 0.00297. The molecule has 4 rings (SSSR count). The van der Waals surface area contributed by atoms with Crippen molar-refractivity contribution in [2.75, 3.05) is 11.6 Å². The maximum atomic E-state index is 13.5. The van der Waals surface area contributed by atoms with Crippen molar-refractivity contribution in [1.82, 2.24) is 19.7 Å². The van der Waals surface area contributed by atoms with Gasteiger partial charge >= 0.3 is 0 Å². The van der Waals surface area contributed by atoms with Crippen LogP contribution in [0.3, 0.4) is 0 Å². The Labute approximate surface area is 229 Å². The summed E-state index contributed by atoms with van der Waals surface area (Å²) in [6.07, 6.45) is 5.25. The van der Waals surface area contributed by atoms with Crippen LogP contribution in [0.5, 0.6) is 0 Å². The fraction of sp³-hybridized carbons (Fsp3) is 0.192. The lowest BCUT2D eigenvalue weighted by Gasteiger charge is -2.20. The number of halogens is 1. The van der Waals surface area contributed by atoms with E-state index in [1.54, 1.807) is 38.4 Å². The number of aryl methyl sites for hydroxylation is 1. The van der Waals surface area contributed by atoms with Crippen LogP contribution in [0.4, 0.5) is 5.69 Å². The molecule has 0 aliphatic rings. The second kappa shape index (κ2) is 10.8. The zero-order valence-electron chi connectivity index (χ0n) is 21.4. The van der Waals surface area contributed by atoms with Crippen molar-refractivity contribution in [3.05, 3.63) is 98.3 Å². The van der Waals surface area contributed by atoms with Gasteiger partial charge in [0.1, 0.15) is 16.5 Å². The molecule has 0 fully saturated rings. The largest absolute Gasteiger partial charge is 0.455 e. The number of hydrogen-bond donors (Lipinski definition) is 3. The Hall–Kier alpha value is -4.29. The predicted molar refractivity (Wildman–Crippen MR) is 149 cm³/mol. The third-order valence-electron chi connectivity index (χ3n) is 5.80. The van der Waals surface area contributed by atoms with Gasteiger partial charge in [-0.05, 0) is 50.6 Å². The molecule has 4 N–H and O–H groups in total. The first kappa shape index (κ1) is 27.7. The van der Waals surface area contributed by atoms with Crippen LogP contribution < -0.4 is 21.2 Å². The van der Waals surface area contributed by atoms with E-state index in [-0.39, 0.29) is 27.7 Å². The lowest BCUT2D eigenvalue weighted by atomic mass is 9.98. The summed E-state index contributed by atoms with van der Waals surface area (Å²) in [7, 11) is -3.85. The lowest BCUT2D eigenvalue weighted by molar-refractivity contribution is 0.0977. The van der Waals surface area contributed by atoms with Gasteiger partial charge in [0.25, 0.3) is 5.91 Å². The summed E-state index contributed by atoms with van der Waals surface area (Å²) in [6, 6.07) is 7.65. The van der Waals surface area contributed by atoms with E-state index in [0.29, 0.717) is 33.5 Å². The highest BCUT2D eigenvalue weighted by Gasteiger charge is 2.23. The van der Waals surface area contributed by atoms with Gasteiger partial charge in [-0.1, -0.05) is 17.7 Å². The Kier molecular flexibility index (Phi) is 7.70. The van der Waals surface area contributed by atoms with Crippen molar-refractivity contribution in [3.8, 4) is 0 Å². The van der Waals surface area contributed by atoms with Crippen LogP contribution in [0.25, 0.3) is 16.5 Å². The minimum atomic E-state index is -3.85. The number of carbonyl (C=O) groups excluding carboxylic acids is 1. The van der Waals surface area contributed by atoms with Gasteiger partial charge in [-0.15, -0.1) is 0 Å². The first-order chi connectivity index (χ1) is 18.4. The van der Waals surface area contributed by atoms with Gasteiger partial charge in [-0.25, -0.2) is 28.1 Å². The number of hydrogen-bond acceptors (Lipinski definition) is 10. The summed E-state index contributed by atoms with van der Waals surface area (Å²) in [6.45, 7) is 5.28. The van der Waals surface area contributed by atoms with Gasteiger partial charge in [0, 0.05) is 29.7 Å². The highest BCUT2D eigenvalue weighted by Crippen LogP contribution is 2.32. The number of fused-ring (bicyclic) bond motifs is 1. The topological polar surface area (TPSA) is 170 Å². The van der Waals surface area contributed by atoms with E-state index in [0.717, 1.165) is 11.8 Å². The molecule has 0 saturated heterocycles. The number of nitrogens with two attached hydrogens (primary N) is 1. The van der Waals surface area contributed by atoms with Crippen LogP contribution in [0.2, 0.25) is 5.15 Å². The molecule has 0 aliphatic heterocycles. The summed E-state index contributed by atoms with van der Waals surface area (Å²) in [5.41, 5.74) is 8.04. The molecule has 39 heavy (non-hydrogen) atoms. The molecule has 1 atom stereocenters. The first-order valence-corrected chi connectivity index (χ1v) is 13.9. The Morgan fingerprint density at radius 2 is 1.87 bits per heavy atom. The van der Waals surface area contributed by atoms with E-state index in [2.05, 4.69) is 20.3 Å². The van der Waals surface area contributed by atoms with E-state index in [1.807, 2.05) is 17.7 Å². The molecule has 0 aliphatic carbocycles. The number of benzene rings is 1. The van der Waals surface area contributed by atoms with Crippen molar-refractivity contribution >= 4 is 49.8 Å². The van der Waals surface area contributed by atoms with Gasteiger partial charge in [0.15, 0.2) is 16.9 Å². The van der Waals surface area contributed by atoms with Crippen LogP contribution in [0, 0.1) is 13.8 Å². The Balaban J connectivity index is 1.85. The lowest BCUT2D eigenvalue weighted by Crippen LogP contribution is -2.31. The molecule has 3 heterocycles. The molecule has 1 amide bonds. The Bertz CT molecular complexity index is 1790. The van der Waals surface area contributed by atoms with Crippen molar-refractivity contribution in [2.45, 2.75) is 26.8 Å². The predicted octanol–water partition coefficient (Wildman–Crippen LogP) is 3.46. The molecular weight excluding hydrogens is 544 g/mol. The molecule has 0 spiro atoms. The molecule has 1 aromatic carbocycles. The average molecular weight is 569 g/mol. The first-order valence-electron chi connectivity index (χ1n) is 11.6. The number of pyridine rings is 1. The summed E-state index contributed by atoms with van der Waals surface area (Å²) >= 11 is 5.98. The smallest absolute Gasteiger partial charge is 0.285 e. The van der Waals surface area contributed by atoms with Crippen LogP contribution in [-0.2, 0) is 10.0 Å². The molecule has 13 heteroatoms. The van der Waals surface area contributed by atoms with Crippen LogP contribution >= 0.6 is 11.6 Å². The van der Waals surface area contributed by atoms with Gasteiger partial charge in [0.05, 0.1) is 28.9 Å². The number of amides is 1. The molecule has 0 radical (unpaired) electrons. The van der Waals surface area contributed by atoms with Crippen LogP contribution in [-0.4, -0.2) is 35.5 Å². The number of anilines is 1. The Morgan fingerprint density at radius 3 is 2.51 bits per heavy atom. The highest BCUT2D eigenvalue weighted by atomic mass is 35.5. The number of sulfonamides is 1. The van der Waals surface area contributed by atoms with Gasteiger partial charge in [-0.3, -0.25) is 9.59 Å². The standard InChI is InChI=1S/C26H25ClN6O5S/c1-13-10-16(15(3)31-19-6-7-20(27)32-21(19)26(35)33-39(4,36)37)24-17(11-13)22(34)14(2)23(38-24)18(12-28)25-29-8-5-9-30-25/h5-12,15,31H,28H2,1-4H3,(H,33,35)/b18-12-/t15-/m1/s1. The fourth-order valence-corrected chi connectivity index (χ4v) is 4.67. The Morgan fingerprint density at radius 1 is 1.18 bits per heavy atom. The molecule has 0 bridgehead atoms. The zero-order valence-corrected chi connectivity index (χ0v) is 23.0. The third-order valence-corrected chi connectivity index (χ3v) is 6.57. The quantitative estimate of drug-likeness (QED) is 0.280. The van der Waals surface area contributed by atoms with Crippen LogP contribution in [0.1, 0.15) is 51.7 Å². The monoisotopic (exact) mass is 568 g/mol. The number of aromatic nitrogens is 3. The summed E-state index contributed by atoms with van der Waals surface area (Å²) in [4.78, 5) is 38.6. The van der Waals surface area contributed by atoms with Crippen molar-refractivity contribution in [2.24, 2.45) is 5.73 Å². The molecule has 202 valence electrons. The third kappa shape index (κ3) is 5.91. The van der Waals surface area contributed by atoms with Gasteiger partial charge < -0.3 is 15.5 Å². The SMILES string of the molecule is Cc1cc([C@@H](C)Nc2ccc(Cl)nc2C(=O)NS(C)(=O)=O)c2oc(/C(=C/N)c3ncccn3)c(C)c(=O)c2c1. The molecule has 0 unspecified atom stereocenters. The van der Waals surface area contributed by atoms with E-state index >= 15 is 0 Å². The fourth-order valence-electron chi connectivity index (χ4n) is 4.09. The van der Waals surface area contributed by atoms with Crippen LogP contribution in [0.15, 0.2) is 58.1 Å². The second-order valence-electron chi connectivity index (χ2n) is 8.87. The van der Waals surface area contributed by atoms with Crippen molar-refractivity contribution in [3.63, 3.8) is 0 Å². The van der Waals surface area contributed by atoms with Crippen molar-refractivity contribution < 1.29 is 17.6 Å². The minimum Gasteiger partial charge on any atom is -0.455 e. The van der Waals surface area contributed by atoms with E-state index in [1.165, 1.54) is 18.3 Å². The van der Waals surface area contributed by atoms with Gasteiger partial charge in [-0.2, -0.15) is 0 Å². The maximum Gasteiger partial charge on any atom is 0.285 e. The van der Waals surface area contributed by atoms with E-state index in [9.17, 15) is 18.0 Å². The van der Waals surface area contributed by atoms with E-state index in [4.69, 9.17) is 21.8 Å². The number of carbonyl (C=O) groups is 1. The second-order valence-corrected chi connectivity index (χ2v) is 11.0. The normalized spacial score (nSPS) is 12.8. The highest BCUT2D eigenvalue weighted by molar-refractivity contribution is 7.89. The molecular formula is C26H25ClN6O5S. The molecule has 0 saturated carbocycles.